The van der Waals surface area contributed by atoms with Crippen molar-refractivity contribution in [3.05, 3.63) is 94.6 Å². The van der Waals surface area contributed by atoms with E-state index in [4.69, 9.17) is 14.2 Å². The van der Waals surface area contributed by atoms with E-state index in [2.05, 4.69) is 0 Å². The number of carbonyl (C=O) groups excluding carboxylic acids is 2. The lowest BCUT2D eigenvalue weighted by atomic mass is 9.94. The van der Waals surface area contributed by atoms with E-state index in [1.807, 2.05) is 49.4 Å². The van der Waals surface area contributed by atoms with Crippen LogP contribution < -0.4 is 14.2 Å². The molecule has 0 bridgehead atoms. The maximum absolute atomic E-state index is 13.2. The molecule has 7 nitrogen and oxygen atoms in total. The number of nitrogens with zero attached hydrogens (tertiary/aromatic N) is 1. The number of Topliss-reactive ketones (excluding diaryl/α,β-unsaturated/α-hetero) is 1. The summed E-state index contributed by atoms with van der Waals surface area (Å²) in [5, 5.41) is 11.2. The van der Waals surface area contributed by atoms with Gasteiger partial charge in [-0.25, -0.2) is 0 Å². The Morgan fingerprint density at radius 1 is 0.861 bits per heavy atom. The van der Waals surface area contributed by atoms with E-state index >= 15 is 0 Å². The Morgan fingerprint density at radius 2 is 1.53 bits per heavy atom. The first-order chi connectivity index (χ1) is 17.4. The van der Waals surface area contributed by atoms with Gasteiger partial charge in [-0.15, -0.1) is 0 Å². The van der Waals surface area contributed by atoms with Crippen molar-refractivity contribution in [3.63, 3.8) is 0 Å². The molecule has 1 N–H and O–H groups in total. The topological polar surface area (TPSA) is 85.3 Å². The van der Waals surface area contributed by atoms with Gasteiger partial charge in [-0.1, -0.05) is 35.9 Å². The number of benzene rings is 3. The fourth-order valence-corrected chi connectivity index (χ4v) is 4.40. The highest BCUT2D eigenvalue weighted by molar-refractivity contribution is 6.46. The van der Waals surface area contributed by atoms with Gasteiger partial charge in [0.25, 0.3) is 11.7 Å². The average molecular weight is 488 g/mol. The summed E-state index contributed by atoms with van der Waals surface area (Å²) in [4.78, 5) is 28.0. The zero-order valence-corrected chi connectivity index (χ0v) is 20.8. The van der Waals surface area contributed by atoms with Crippen molar-refractivity contribution in [3.8, 4) is 17.2 Å². The van der Waals surface area contributed by atoms with E-state index in [1.165, 1.54) is 4.90 Å². The fraction of sp³-hybridized carbons (Fsp3) is 0.241. The monoisotopic (exact) mass is 487 g/mol. The fourth-order valence-electron chi connectivity index (χ4n) is 4.40. The Balaban J connectivity index is 1.73. The van der Waals surface area contributed by atoms with Crippen LogP contribution >= 0.6 is 0 Å². The molecule has 0 saturated carbocycles. The molecular weight excluding hydrogens is 458 g/mol. The second-order valence-corrected chi connectivity index (χ2v) is 8.57. The summed E-state index contributed by atoms with van der Waals surface area (Å²) in [6.07, 6.45) is 0.484. The van der Waals surface area contributed by atoms with Crippen LogP contribution in [0.2, 0.25) is 0 Å². The number of aliphatic hydroxyl groups excluding tert-OH is 1. The number of methoxy groups -OCH3 is 3. The summed E-state index contributed by atoms with van der Waals surface area (Å²) in [5.41, 5.74) is 3.23. The lowest BCUT2D eigenvalue weighted by molar-refractivity contribution is -0.139. The Labute approximate surface area is 210 Å². The van der Waals surface area contributed by atoms with E-state index in [1.54, 1.807) is 45.6 Å². The van der Waals surface area contributed by atoms with Gasteiger partial charge in [0.2, 0.25) is 0 Å². The third kappa shape index (κ3) is 4.77. The lowest BCUT2D eigenvalue weighted by Crippen LogP contribution is -2.31. The molecule has 1 fully saturated rings. The molecule has 186 valence electrons. The first-order valence-electron chi connectivity index (χ1n) is 11.6. The number of likely N-dealkylation sites (tertiary alicyclic amines) is 1. The number of ether oxygens (including phenoxy) is 3. The number of rotatable bonds is 8. The maximum atomic E-state index is 13.2. The minimum Gasteiger partial charge on any atom is -0.507 e. The summed E-state index contributed by atoms with van der Waals surface area (Å²) < 4.78 is 15.9. The van der Waals surface area contributed by atoms with Gasteiger partial charge in [0.05, 0.1) is 32.9 Å². The third-order valence-corrected chi connectivity index (χ3v) is 6.39. The van der Waals surface area contributed by atoms with Gasteiger partial charge in [0, 0.05) is 12.1 Å². The summed E-state index contributed by atoms with van der Waals surface area (Å²) in [6.45, 7) is 2.24. The van der Waals surface area contributed by atoms with E-state index < -0.39 is 17.7 Å². The minimum atomic E-state index is -0.715. The van der Waals surface area contributed by atoms with Gasteiger partial charge in [0.15, 0.2) is 11.5 Å². The van der Waals surface area contributed by atoms with Crippen molar-refractivity contribution < 1.29 is 28.9 Å². The SMILES string of the molecule is COc1ccc(C(O)=C2C(=O)C(=O)N(CCc3ccc(OC)c(OC)c3)C2c2ccc(C)cc2)cc1. The van der Waals surface area contributed by atoms with Gasteiger partial charge in [0.1, 0.15) is 11.5 Å². The van der Waals surface area contributed by atoms with Crippen LogP contribution in [0, 0.1) is 6.92 Å². The first kappa shape index (κ1) is 24.9. The second kappa shape index (κ2) is 10.6. The largest absolute Gasteiger partial charge is 0.507 e. The molecule has 0 radical (unpaired) electrons. The van der Waals surface area contributed by atoms with Crippen molar-refractivity contribution >= 4 is 17.4 Å². The quantitative estimate of drug-likeness (QED) is 0.282. The molecule has 0 aromatic heterocycles. The van der Waals surface area contributed by atoms with Gasteiger partial charge in [-0.2, -0.15) is 0 Å². The van der Waals surface area contributed by atoms with E-state index in [0.29, 0.717) is 29.2 Å². The molecule has 3 aromatic rings. The van der Waals surface area contributed by atoms with E-state index in [9.17, 15) is 14.7 Å². The van der Waals surface area contributed by atoms with Crippen molar-refractivity contribution in [2.24, 2.45) is 0 Å². The summed E-state index contributed by atoms with van der Waals surface area (Å²) in [5.74, 6) is 0.261. The highest BCUT2D eigenvalue weighted by Crippen LogP contribution is 2.40. The maximum Gasteiger partial charge on any atom is 0.295 e. The molecule has 1 saturated heterocycles. The number of aliphatic hydroxyl groups is 1. The van der Waals surface area contributed by atoms with E-state index in [0.717, 1.165) is 16.7 Å². The van der Waals surface area contributed by atoms with Gasteiger partial charge in [-0.3, -0.25) is 9.59 Å². The lowest BCUT2D eigenvalue weighted by Gasteiger charge is -2.25. The number of hydrogen-bond donors (Lipinski definition) is 1. The smallest absolute Gasteiger partial charge is 0.295 e. The predicted molar refractivity (Wildman–Crippen MR) is 136 cm³/mol. The first-order valence-corrected chi connectivity index (χ1v) is 11.6. The van der Waals surface area contributed by atoms with Crippen LogP contribution in [0.25, 0.3) is 5.76 Å². The van der Waals surface area contributed by atoms with Crippen LogP contribution in [-0.4, -0.2) is 49.6 Å². The zero-order valence-electron chi connectivity index (χ0n) is 20.8. The number of amides is 1. The van der Waals surface area contributed by atoms with Crippen LogP contribution in [-0.2, 0) is 16.0 Å². The Hall–Kier alpha value is -4.26. The van der Waals surface area contributed by atoms with Crippen LogP contribution in [0.15, 0.2) is 72.3 Å². The van der Waals surface area contributed by atoms with Crippen LogP contribution in [0.1, 0.15) is 28.3 Å². The Morgan fingerprint density at radius 3 is 2.14 bits per heavy atom. The summed E-state index contributed by atoms with van der Waals surface area (Å²) in [7, 11) is 4.69. The molecule has 4 rings (SSSR count). The van der Waals surface area contributed by atoms with Crippen LogP contribution in [0.4, 0.5) is 0 Å². The molecule has 7 heteroatoms. The van der Waals surface area contributed by atoms with Crippen molar-refractivity contribution in [1.29, 1.82) is 0 Å². The molecule has 36 heavy (non-hydrogen) atoms. The van der Waals surface area contributed by atoms with Gasteiger partial charge < -0.3 is 24.2 Å². The normalized spacial score (nSPS) is 16.8. The van der Waals surface area contributed by atoms with Gasteiger partial charge in [-0.05, 0) is 60.9 Å². The molecular formula is C29H29NO6. The average Bonchev–Trinajstić information content (AvgIpc) is 3.16. The molecule has 1 aliphatic heterocycles. The van der Waals surface area contributed by atoms with Gasteiger partial charge >= 0.3 is 0 Å². The molecule has 0 spiro atoms. The highest BCUT2D eigenvalue weighted by Gasteiger charge is 2.45. The summed E-state index contributed by atoms with van der Waals surface area (Å²) >= 11 is 0. The molecule has 0 aliphatic carbocycles. The predicted octanol–water partition coefficient (Wildman–Crippen LogP) is 4.69. The van der Waals surface area contributed by atoms with Crippen molar-refractivity contribution in [2.45, 2.75) is 19.4 Å². The number of carbonyl (C=O) groups is 2. The molecule has 1 amide bonds. The number of hydrogen-bond acceptors (Lipinski definition) is 6. The van der Waals surface area contributed by atoms with E-state index in [-0.39, 0.29) is 17.9 Å². The number of aryl methyl sites for hydroxylation is 1. The molecule has 3 aromatic carbocycles. The molecule has 1 atom stereocenters. The second-order valence-electron chi connectivity index (χ2n) is 8.57. The van der Waals surface area contributed by atoms with Crippen molar-refractivity contribution in [2.75, 3.05) is 27.9 Å². The standard InChI is InChI=1S/C29H29NO6/c1-18-5-8-20(9-6-18)26-25(27(31)21-10-12-22(34-2)13-11-21)28(32)29(33)30(26)16-15-19-7-14-23(35-3)24(17-19)36-4/h5-14,17,26,31H,15-16H2,1-4H3. The van der Waals surface area contributed by atoms with Crippen LogP contribution in [0.5, 0.6) is 17.2 Å². The van der Waals surface area contributed by atoms with Crippen molar-refractivity contribution in [1.82, 2.24) is 4.90 Å². The zero-order chi connectivity index (χ0) is 25.8. The Bertz CT molecular complexity index is 1290. The molecule has 1 unspecified atom stereocenters. The minimum absolute atomic E-state index is 0.0707. The highest BCUT2D eigenvalue weighted by atomic mass is 16.5. The molecule has 1 aliphatic rings. The molecule has 1 heterocycles. The van der Waals surface area contributed by atoms with Crippen LogP contribution in [0.3, 0.4) is 0 Å². The summed E-state index contributed by atoms with van der Waals surface area (Å²) in [6, 6.07) is 19.2. The Kier molecular flexibility index (Phi) is 7.29. The number of ketones is 1. The third-order valence-electron chi connectivity index (χ3n) is 6.39.